The van der Waals surface area contributed by atoms with Crippen molar-refractivity contribution in [2.24, 2.45) is 0 Å². The van der Waals surface area contributed by atoms with Gasteiger partial charge >= 0.3 is 0 Å². The van der Waals surface area contributed by atoms with E-state index in [1.165, 1.54) is 11.6 Å². The van der Waals surface area contributed by atoms with Crippen LogP contribution in [0.5, 0.6) is 5.75 Å². The van der Waals surface area contributed by atoms with Crippen LogP contribution in [0.2, 0.25) is 0 Å². The quantitative estimate of drug-likeness (QED) is 0.378. The number of ether oxygens (including phenoxy) is 1. The first-order chi connectivity index (χ1) is 14.0. The molecule has 3 aromatic rings. The minimum absolute atomic E-state index is 0.164. The summed E-state index contributed by atoms with van der Waals surface area (Å²) in [5.41, 5.74) is 2.79. The highest BCUT2D eigenvalue weighted by Crippen LogP contribution is 2.15. The van der Waals surface area contributed by atoms with Gasteiger partial charge in [-0.05, 0) is 54.0 Å². The molecule has 0 aliphatic heterocycles. The number of aromatic nitrogens is 1. The zero-order valence-corrected chi connectivity index (χ0v) is 16.1. The molecule has 0 aliphatic rings. The third-order valence-corrected chi connectivity index (χ3v) is 4.43. The van der Waals surface area contributed by atoms with Crippen LogP contribution in [0.1, 0.15) is 34.1 Å². The summed E-state index contributed by atoms with van der Waals surface area (Å²) in [4.78, 5) is 16.5. The van der Waals surface area contributed by atoms with Crippen molar-refractivity contribution in [3.63, 3.8) is 0 Å². The number of hydrogen-bond donors (Lipinski definition) is 0. The van der Waals surface area contributed by atoms with Gasteiger partial charge in [0, 0.05) is 24.4 Å². The lowest BCUT2D eigenvalue weighted by atomic mass is 10.1. The molecule has 148 valence electrons. The van der Waals surface area contributed by atoms with E-state index in [9.17, 15) is 13.6 Å². The molecule has 1 aromatic heterocycles. The fourth-order valence-corrected chi connectivity index (χ4v) is 2.71. The van der Waals surface area contributed by atoms with Gasteiger partial charge < -0.3 is 4.74 Å². The Bertz CT molecular complexity index is 996. The molecule has 5 heteroatoms. The van der Waals surface area contributed by atoms with E-state index in [4.69, 9.17) is 4.74 Å². The number of carbonyl (C=O) groups is 1. The highest BCUT2D eigenvalue weighted by molar-refractivity contribution is 6.06. The molecule has 0 radical (unpaired) electrons. The number of hydrogen-bond acceptors (Lipinski definition) is 3. The van der Waals surface area contributed by atoms with Gasteiger partial charge in [0.15, 0.2) is 5.78 Å². The molecule has 0 atom stereocenters. The Kier molecular flexibility index (Phi) is 6.85. The Morgan fingerprint density at radius 2 is 1.86 bits per heavy atom. The molecule has 0 saturated heterocycles. The van der Waals surface area contributed by atoms with Crippen LogP contribution < -0.4 is 4.74 Å². The first-order valence-corrected chi connectivity index (χ1v) is 9.39. The molecule has 0 saturated carbocycles. The molecule has 0 bridgehead atoms. The molecule has 0 spiro atoms. The summed E-state index contributed by atoms with van der Waals surface area (Å²) in [6.07, 6.45) is 6.40. The van der Waals surface area contributed by atoms with Crippen LogP contribution in [0.4, 0.5) is 8.78 Å². The number of benzene rings is 2. The average Bonchev–Trinajstić information content (AvgIpc) is 2.73. The standard InChI is InChI=1S/C24H21F2NO2/c1-2-17-3-8-20(27-16-17)13-14-29-21-9-4-18(5-10-21)6-12-24(28)22-11-7-19(25)15-23(22)26/h3-12,15-16H,2,13-14H2,1H3/b12-6+. The number of carbonyl (C=O) groups excluding carboxylic acids is 1. The monoisotopic (exact) mass is 393 g/mol. The normalized spacial score (nSPS) is 11.0. The highest BCUT2D eigenvalue weighted by atomic mass is 19.1. The Morgan fingerprint density at radius 1 is 1.07 bits per heavy atom. The molecule has 3 nitrogen and oxygen atoms in total. The van der Waals surface area contributed by atoms with Gasteiger partial charge in [0.2, 0.25) is 0 Å². The van der Waals surface area contributed by atoms with Crippen LogP contribution in [0, 0.1) is 11.6 Å². The maximum Gasteiger partial charge on any atom is 0.188 e. The van der Waals surface area contributed by atoms with E-state index in [0.29, 0.717) is 24.8 Å². The zero-order chi connectivity index (χ0) is 20.6. The van der Waals surface area contributed by atoms with E-state index < -0.39 is 17.4 Å². The lowest BCUT2D eigenvalue weighted by Gasteiger charge is -2.06. The predicted octanol–water partition coefficient (Wildman–Crippen LogP) is 5.44. The average molecular weight is 393 g/mol. The van der Waals surface area contributed by atoms with Gasteiger partial charge in [-0.3, -0.25) is 9.78 Å². The van der Waals surface area contributed by atoms with Crippen molar-refractivity contribution >= 4 is 11.9 Å². The zero-order valence-electron chi connectivity index (χ0n) is 16.1. The predicted molar refractivity (Wildman–Crippen MR) is 109 cm³/mol. The minimum atomic E-state index is -0.873. The lowest BCUT2D eigenvalue weighted by Crippen LogP contribution is -2.03. The smallest absolute Gasteiger partial charge is 0.188 e. The molecule has 0 unspecified atom stereocenters. The van der Waals surface area contributed by atoms with Crippen molar-refractivity contribution in [3.8, 4) is 5.75 Å². The number of ketones is 1. The summed E-state index contributed by atoms with van der Waals surface area (Å²) in [6.45, 7) is 2.60. The number of aryl methyl sites for hydroxylation is 1. The second-order valence-corrected chi connectivity index (χ2v) is 6.50. The Hall–Kier alpha value is -3.34. The van der Waals surface area contributed by atoms with Crippen molar-refractivity contribution in [2.75, 3.05) is 6.61 Å². The van der Waals surface area contributed by atoms with Gasteiger partial charge in [-0.15, -0.1) is 0 Å². The van der Waals surface area contributed by atoms with Crippen LogP contribution in [-0.2, 0) is 12.8 Å². The molecule has 0 fully saturated rings. The third-order valence-electron chi connectivity index (χ3n) is 4.43. The number of pyridine rings is 1. The van der Waals surface area contributed by atoms with Gasteiger partial charge in [-0.25, -0.2) is 8.78 Å². The molecule has 0 amide bonds. The topological polar surface area (TPSA) is 39.2 Å². The van der Waals surface area contributed by atoms with Crippen LogP contribution >= 0.6 is 0 Å². The maximum atomic E-state index is 13.6. The lowest BCUT2D eigenvalue weighted by molar-refractivity contribution is 0.104. The summed E-state index contributed by atoms with van der Waals surface area (Å²) >= 11 is 0. The van der Waals surface area contributed by atoms with Gasteiger partial charge in [0.05, 0.1) is 12.2 Å². The van der Waals surface area contributed by atoms with Crippen molar-refractivity contribution in [1.29, 1.82) is 0 Å². The van der Waals surface area contributed by atoms with Gasteiger partial charge in [0.25, 0.3) is 0 Å². The van der Waals surface area contributed by atoms with Crippen molar-refractivity contribution in [3.05, 3.63) is 101 Å². The van der Waals surface area contributed by atoms with Crippen LogP contribution in [0.3, 0.4) is 0 Å². The van der Waals surface area contributed by atoms with Gasteiger partial charge in [0.1, 0.15) is 17.4 Å². The van der Waals surface area contributed by atoms with E-state index in [2.05, 4.69) is 18.0 Å². The fraction of sp³-hybridized carbons (Fsp3) is 0.167. The molecular formula is C24H21F2NO2. The Morgan fingerprint density at radius 3 is 2.52 bits per heavy atom. The third kappa shape index (κ3) is 5.82. The summed E-state index contributed by atoms with van der Waals surface area (Å²) in [5.74, 6) is -1.40. The van der Waals surface area contributed by atoms with E-state index in [0.717, 1.165) is 29.8 Å². The van der Waals surface area contributed by atoms with Crippen molar-refractivity contribution < 1.29 is 18.3 Å². The van der Waals surface area contributed by atoms with Gasteiger partial charge in [-0.1, -0.05) is 31.2 Å². The maximum absolute atomic E-state index is 13.6. The summed E-state index contributed by atoms with van der Waals surface area (Å²) < 4.78 is 32.3. The number of rotatable bonds is 8. The first-order valence-electron chi connectivity index (χ1n) is 9.39. The highest BCUT2D eigenvalue weighted by Gasteiger charge is 2.09. The summed E-state index contributed by atoms with van der Waals surface area (Å²) in [6, 6.07) is 14.2. The number of nitrogens with zero attached hydrogens (tertiary/aromatic N) is 1. The molecular weight excluding hydrogens is 372 g/mol. The molecule has 1 heterocycles. The Balaban J connectivity index is 1.52. The van der Waals surface area contributed by atoms with Crippen LogP contribution in [0.25, 0.3) is 6.08 Å². The van der Waals surface area contributed by atoms with Crippen LogP contribution in [-0.4, -0.2) is 17.4 Å². The van der Waals surface area contributed by atoms with Gasteiger partial charge in [-0.2, -0.15) is 0 Å². The fourth-order valence-electron chi connectivity index (χ4n) is 2.71. The minimum Gasteiger partial charge on any atom is -0.493 e. The summed E-state index contributed by atoms with van der Waals surface area (Å²) in [5, 5.41) is 0. The van der Waals surface area contributed by atoms with E-state index in [-0.39, 0.29) is 5.56 Å². The van der Waals surface area contributed by atoms with Crippen molar-refractivity contribution in [1.82, 2.24) is 4.98 Å². The van der Waals surface area contributed by atoms with Crippen LogP contribution in [0.15, 0.2) is 66.9 Å². The number of allylic oxidation sites excluding steroid dienone is 1. The molecule has 2 aromatic carbocycles. The molecule has 0 N–H and O–H groups in total. The Labute approximate surface area is 168 Å². The molecule has 29 heavy (non-hydrogen) atoms. The molecule has 3 rings (SSSR count). The number of halogens is 2. The van der Waals surface area contributed by atoms with E-state index >= 15 is 0 Å². The second kappa shape index (κ2) is 9.73. The SMILES string of the molecule is CCc1ccc(CCOc2ccc(/C=C/C(=O)c3ccc(F)cc3F)cc2)nc1. The summed E-state index contributed by atoms with van der Waals surface area (Å²) in [7, 11) is 0. The van der Waals surface area contributed by atoms with E-state index in [1.54, 1.807) is 30.3 Å². The van der Waals surface area contributed by atoms with E-state index in [1.807, 2.05) is 12.3 Å². The first kappa shape index (κ1) is 20.4. The largest absolute Gasteiger partial charge is 0.493 e. The van der Waals surface area contributed by atoms with Crippen molar-refractivity contribution in [2.45, 2.75) is 19.8 Å². The second-order valence-electron chi connectivity index (χ2n) is 6.50. The molecule has 0 aliphatic carbocycles.